The van der Waals surface area contributed by atoms with Gasteiger partial charge in [-0.2, -0.15) is 0 Å². The van der Waals surface area contributed by atoms with Crippen LogP contribution in [0.2, 0.25) is 0 Å². The Morgan fingerprint density at radius 3 is 2.17 bits per heavy atom. The van der Waals surface area contributed by atoms with Crippen molar-refractivity contribution in [3.63, 3.8) is 0 Å². The highest BCUT2D eigenvalue weighted by molar-refractivity contribution is 14.1. The molecule has 0 radical (unpaired) electrons. The number of benzene rings is 2. The second-order valence-corrected chi connectivity index (χ2v) is 6.40. The van der Waals surface area contributed by atoms with E-state index in [0.717, 1.165) is 9.13 Å². The molecule has 0 aromatic heterocycles. The fourth-order valence-corrected chi connectivity index (χ4v) is 2.47. The van der Waals surface area contributed by atoms with Gasteiger partial charge in [-0.1, -0.05) is 24.3 Å². The number of primary amides is 1. The predicted octanol–water partition coefficient (Wildman–Crippen LogP) is 2.19. The van der Waals surface area contributed by atoms with Crippen molar-refractivity contribution in [2.75, 3.05) is 0 Å². The smallest absolute Gasteiger partial charge is 0.240 e. The first kappa shape index (κ1) is 17.4. The van der Waals surface area contributed by atoms with Gasteiger partial charge >= 0.3 is 0 Å². The van der Waals surface area contributed by atoms with Crippen LogP contribution in [0.1, 0.15) is 11.1 Å². The average Bonchev–Trinajstić information content (AvgIpc) is 2.51. The van der Waals surface area contributed by atoms with E-state index in [4.69, 9.17) is 5.73 Å². The van der Waals surface area contributed by atoms with Crippen molar-refractivity contribution < 1.29 is 14.0 Å². The number of rotatable bonds is 6. The van der Waals surface area contributed by atoms with Crippen molar-refractivity contribution in [1.29, 1.82) is 0 Å². The van der Waals surface area contributed by atoms with Gasteiger partial charge in [0.25, 0.3) is 0 Å². The van der Waals surface area contributed by atoms with Crippen LogP contribution in [0, 0.1) is 9.39 Å². The molecular weight excluding hydrogens is 410 g/mol. The van der Waals surface area contributed by atoms with Gasteiger partial charge in [0.2, 0.25) is 11.8 Å². The third kappa shape index (κ3) is 5.63. The van der Waals surface area contributed by atoms with E-state index in [-0.39, 0.29) is 18.1 Å². The van der Waals surface area contributed by atoms with E-state index in [1.165, 1.54) is 24.3 Å². The van der Waals surface area contributed by atoms with E-state index in [0.29, 0.717) is 12.0 Å². The molecule has 0 saturated carbocycles. The highest BCUT2D eigenvalue weighted by Gasteiger charge is 2.18. The molecule has 2 aromatic carbocycles. The molecule has 6 heteroatoms. The van der Waals surface area contributed by atoms with Crippen LogP contribution in [0.5, 0.6) is 0 Å². The summed E-state index contributed by atoms with van der Waals surface area (Å²) in [6.07, 6.45) is 0.401. The quantitative estimate of drug-likeness (QED) is 0.696. The molecule has 0 saturated heterocycles. The summed E-state index contributed by atoms with van der Waals surface area (Å²) < 4.78 is 13.9. The number of hydrogen-bond donors (Lipinski definition) is 2. The standard InChI is InChI=1S/C17H16FIN2O2/c18-13-5-1-12(2-6-13)10-16(22)21-15(17(20)23)9-11-3-7-14(19)8-4-11/h1-8,15H,9-10H2,(H2,20,23)(H,21,22)/t15-/m1/s1. The van der Waals surface area contributed by atoms with Crippen LogP contribution in [0.4, 0.5) is 4.39 Å². The summed E-state index contributed by atoms with van der Waals surface area (Å²) in [6.45, 7) is 0. The molecule has 2 rings (SSSR count). The zero-order valence-corrected chi connectivity index (χ0v) is 14.4. The Hall–Kier alpha value is -1.96. The van der Waals surface area contributed by atoms with Crippen molar-refractivity contribution in [2.45, 2.75) is 18.9 Å². The molecule has 120 valence electrons. The second-order valence-electron chi connectivity index (χ2n) is 5.16. The number of amides is 2. The van der Waals surface area contributed by atoms with Gasteiger partial charge in [-0.15, -0.1) is 0 Å². The van der Waals surface area contributed by atoms with Crippen LogP contribution >= 0.6 is 22.6 Å². The third-order valence-corrected chi connectivity index (χ3v) is 4.03. The highest BCUT2D eigenvalue weighted by Crippen LogP contribution is 2.09. The van der Waals surface area contributed by atoms with Gasteiger partial charge in [-0.05, 0) is 58.0 Å². The van der Waals surface area contributed by atoms with Gasteiger partial charge in [-0.3, -0.25) is 9.59 Å². The number of nitrogens with two attached hydrogens (primary N) is 1. The minimum atomic E-state index is -0.775. The molecule has 3 N–H and O–H groups in total. The summed E-state index contributed by atoms with van der Waals surface area (Å²) in [6, 6.07) is 12.5. The Morgan fingerprint density at radius 1 is 1.04 bits per heavy atom. The third-order valence-electron chi connectivity index (χ3n) is 3.31. The van der Waals surface area contributed by atoms with Gasteiger partial charge in [0.1, 0.15) is 11.9 Å². The molecule has 23 heavy (non-hydrogen) atoms. The molecule has 0 unspecified atom stereocenters. The number of nitrogens with one attached hydrogen (secondary N) is 1. The summed E-state index contributed by atoms with van der Waals surface area (Å²) in [5.41, 5.74) is 6.95. The maximum absolute atomic E-state index is 12.8. The van der Waals surface area contributed by atoms with Crippen LogP contribution in [-0.2, 0) is 22.4 Å². The number of carbonyl (C=O) groups is 2. The van der Waals surface area contributed by atoms with Gasteiger partial charge < -0.3 is 11.1 Å². The minimum absolute atomic E-state index is 0.0662. The lowest BCUT2D eigenvalue weighted by Gasteiger charge is -2.15. The zero-order valence-electron chi connectivity index (χ0n) is 12.3. The highest BCUT2D eigenvalue weighted by atomic mass is 127. The van der Waals surface area contributed by atoms with Crippen LogP contribution in [0.3, 0.4) is 0 Å². The van der Waals surface area contributed by atoms with Crippen LogP contribution in [0.25, 0.3) is 0 Å². The van der Waals surface area contributed by atoms with Crippen LogP contribution in [0.15, 0.2) is 48.5 Å². The molecule has 0 fully saturated rings. The molecule has 0 aliphatic heterocycles. The van der Waals surface area contributed by atoms with E-state index in [1.54, 1.807) is 0 Å². The normalized spacial score (nSPS) is 11.7. The number of carbonyl (C=O) groups excluding carboxylic acids is 2. The molecule has 1 atom stereocenters. The van der Waals surface area contributed by atoms with Crippen LogP contribution in [-0.4, -0.2) is 17.9 Å². The fraction of sp³-hybridized carbons (Fsp3) is 0.176. The van der Waals surface area contributed by atoms with Gasteiger partial charge in [0.05, 0.1) is 6.42 Å². The summed E-state index contributed by atoms with van der Waals surface area (Å²) in [4.78, 5) is 23.6. The lowest BCUT2D eigenvalue weighted by molar-refractivity contribution is -0.127. The number of halogens is 2. The van der Waals surface area contributed by atoms with Crippen molar-refractivity contribution in [1.82, 2.24) is 5.32 Å². The first-order valence-corrected chi connectivity index (χ1v) is 8.09. The minimum Gasteiger partial charge on any atom is -0.368 e. The Kier molecular flexibility index (Phi) is 6.09. The average molecular weight is 426 g/mol. The van der Waals surface area contributed by atoms with E-state index in [2.05, 4.69) is 27.9 Å². The van der Waals surface area contributed by atoms with E-state index >= 15 is 0 Å². The molecule has 0 spiro atoms. The first-order valence-electron chi connectivity index (χ1n) is 7.01. The molecule has 0 aliphatic rings. The maximum Gasteiger partial charge on any atom is 0.240 e. The van der Waals surface area contributed by atoms with E-state index in [9.17, 15) is 14.0 Å². The molecule has 4 nitrogen and oxygen atoms in total. The maximum atomic E-state index is 12.8. The van der Waals surface area contributed by atoms with Crippen molar-refractivity contribution in [2.24, 2.45) is 5.73 Å². The molecule has 2 aromatic rings. The Labute approximate surface area is 147 Å². The Morgan fingerprint density at radius 2 is 1.61 bits per heavy atom. The Balaban J connectivity index is 1.98. The molecule has 2 amide bonds. The molecular formula is C17H16FIN2O2. The van der Waals surface area contributed by atoms with Crippen LogP contribution < -0.4 is 11.1 Å². The van der Waals surface area contributed by atoms with Crippen molar-refractivity contribution in [3.05, 3.63) is 69.0 Å². The predicted molar refractivity (Wildman–Crippen MR) is 94.1 cm³/mol. The van der Waals surface area contributed by atoms with E-state index in [1.807, 2.05) is 24.3 Å². The van der Waals surface area contributed by atoms with Crippen molar-refractivity contribution in [3.8, 4) is 0 Å². The lowest BCUT2D eigenvalue weighted by atomic mass is 10.0. The zero-order chi connectivity index (χ0) is 16.8. The second kappa shape index (κ2) is 8.05. The largest absolute Gasteiger partial charge is 0.368 e. The molecule has 0 aliphatic carbocycles. The lowest BCUT2D eigenvalue weighted by Crippen LogP contribution is -2.46. The van der Waals surface area contributed by atoms with E-state index < -0.39 is 11.9 Å². The van der Waals surface area contributed by atoms with Gasteiger partial charge in [-0.25, -0.2) is 4.39 Å². The monoisotopic (exact) mass is 426 g/mol. The summed E-state index contributed by atoms with van der Waals surface area (Å²) in [5.74, 6) is -1.27. The molecule has 0 heterocycles. The summed E-state index contributed by atoms with van der Waals surface area (Å²) in [5, 5.41) is 2.63. The molecule has 0 bridgehead atoms. The first-order chi connectivity index (χ1) is 10.9. The van der Waals surface area contributed by atoms with Gasteiger partial charge in [0.15, 0.2) is 0 Å². The SMILES string of the molecule is NC(=O)[C@@H](Cc1ccc(I)cc1)NC(=O)Cc1ccc(F)cc1. The fourth-order valence-electron chi connectivity index (χ4n) is 2.11. The van der Waals surface area contributed by atoms with Gasteiger partial charge in [0, 0.05) is 9.99 Å². The summed E-state index contributed by atoms with van der Waals surface area (Å²) in [7, 11) is 0. The Bertz CT molecular complexity index is 687. The topological polar surface area (TPSA) is 72.2 Å². The number of hydrogen-bond acceptors (Lipinski definition) is 2. The van der Waals surface area contributed by atoms with Crippen molar-refractivity contribution >= 4 is 34.4 Å². The summed E-state index contributed by atoms with van der Waals surface area (Å²) >= 11 is 2.19.